The lowest BCUT2D eigenvalue weighted by atomic mass is 9.53. The van der Waals surface area contributed by atoms with Crippen LogP contribution in [0.4, 0.5) is 0 Å². The number of carbonyl (C=O) groups excluding carboxylic acids is 1. The van der Waals surface area contributed by atoms with Crippen molar-refractivity contribution in [2.75, 3.05) is 13.6 Å². The Hall–Kier alpha value is -4.33. The van der Waals surface area contributed by atoms with Crippen LogP contribution in [-0.4, -0.2) is 63.0 Å². The van der Waals surface area contributed by atoms with Crippen molar-refractivity contribution in [1.29, 1.82) is 0 Å². The van der Waals surface area contributed by atoms with Gasteiger partial charge in [0.2, 0.25) is 0 Å². The van der Waals surface area contributed by atoms with Crippen molar-refractivity contribution in [3.63, 3.8) is 0 Å². The monoisotopic (exact) mass is 565 g/mol. The number of hydrogen-bond donors (Lipinski definition) is 4. The number of Topliss-reactive ketones (excluding diaryl/α,β-unsaturated/α-hetero) is 1. The topological polar surface area (TPSA) is 110 Å². The summed E-state index contributed by atoms with van der Waals surface area (Å²) in [5.74, 6) is 1.05. The number of aliphatic hydroxyl groups excluding tert-OH is 1. The molecule has 4 N–H and O–H groups in total. The average Bonchev–Trinajstić information content (AvgIpc) is 3.35. The Morgan fingerprint density at radius 1 is 0.881 bits per heavy atom. The zero-order chi connectivity index (χ0) is 29.8. The number of benzene rings is 3. The molecule has 3 aromatic rings. The van der Waals surface area contributed by atoms with Gasteiger partial charge >= 0.3 is 0 Å². The van der Waals surface area contributed by atoms with Gasteiger partial charge in [-0.25, -0.2) is 0 Å². The Labute approximate surface area is 245 Å². The van der Waals surface area contributed by atoms with Gasteiger partial charge in [0.15, 0.2) is 17.3 Å². The fourth-order valence-electron chi connectivity index (χ4n) is 7.33. The zero-order valence-electron chi connectivity index (χ0n) is 23.9. The molecule has 0 aromatic heterocycles. The highest BCUT2D eigenvalue weighted by molar-refractivity contribution is 6.06. The quantitative estimate of drug-likeness (QED) is 0.247. The fourth-order valence-corrected chi connectivity index (χ4v) is 7.33. The molecule has 7 nitrogen and oxygen atoms in total. The zero-order valence-corrected chi connectivity index (χ0v) is 23.9. The molecular weight excluding hydrogens is 530 g/mol. The van der Waals surface area contributed by atoms with Crippen LogP contribution in [0.5, 0.6) is 23.0 Å². The molecular formula is C35H35NO6. The molecule has 7 rings (SSSR count). The first-order valence-corrected chi connectivity index (χ1v) is 14.3. The highest BCUT2D eigenvalue weighted by Gasteiger charge is 2.66. The molecule has 1 spiro atoms. The smallest absolute Gasteiger partial charge is 0.181 e. The standard InChI is InChI=1S/C18H18O2.C17H17NO4/c1-3-17(13-5-9-15(19)10-6-13)18(4-2)14-7-11-16(20)12-8-14;1-18-7-6-17-9-3-5-11(20)16(17)22-15-10(19)4-2-8(12(15)17)14(21)13(9)18/h3-12,19-20H,1-2H3;2-5,9,11,13,16,19-20H,6-7H2,1H3/b17-3+,18-4+;/t;9-,11-,13-,16-,17-/m.0/s1. The molecule has 2 aliphatic carbocycles. The van der Waals surface area contributed by atoms with Gasteiger partial charge in [-0.3, -0.25) is 9.69 Å². The summed E-state index contributed by atoms with van der Waals surface area (Å²) < 4.78 is 5.98. The molecule has 7 heteroatoms. The van der Waals surface area contributed by atoms with Crippen LogP contribution >= 0.6 is 0 Å². The maximum absolute atomic E-state index is 13.0. The Kier molecular flexibility index (Phi) is 6.95. The van der Waals surface area contributed by atoms with Crippen molar-refractivity contribution in [1.82, 2.24) is 4.90 Å². The van der Waals surface area contributed by atoms with Crippen molar-refractivity contribution >= 4 is 16.9 Å². The van der Waals surface area contributed by atoms with Crippen LogP contribution in [0.1, 0.15) is 47.3 Å². The van der Waals surface area contributed by atoms with Crippen molar-refractivity contribution in [3.8, 4) is 23.0 Å². The summed E-state index contributed by atoms with van der Waals surface area (Å²) in [7, 11) is 1.98. The Morgan fingerprint density at radius 2 is 1.45 bits per heavy atom. The number of piperidine rings is 1. The van der Waals surface area contributed by atoms with E-state index in [1.807, 2.05) is 51.2 Å². The van der Waals surface area contributed by atoms with Crippen molar-refractivity contribution in [3.05, 3.63) is 107 Å². The van der Waals surface area contributed by atoms with Crippen LogP contribution in [0.15, 0.2) is 85.0 Å². The third-order valence-electron chi connectivity index (χ3n) is 9.23. The number of nitrogens with zero attached hydrogens (tertiary/aromatic N) is 1. The third kappa shape index (κ3) is 4.15. The van der Waals surface area contributed by atoms with E-state index in [0.717, 1.165) is 40.8 Å². The minimum atomic E-state index is -0.715. The second-order valence-corrected chi connectivity index (χ2v) is 11.4. The molecule has 0 saturated carbocycles. The number of phenolic OH excluding ortho intramolecular Hbond substituents is 3. The lowest BCUT2D eigenvalue weighted by Gasteiger charge is -2.55. The van der Waals surface area contributed by atoms with Gasteiger partial charge in [-0.15, -0.1) is 0 Å². The predicted octanol–water partition coefficient (Wildman–Crippen LogP) is 5.44. The van der Waals surface area contributed by atoms with Crippen LogP contribution in [0, 0.1) is 5.92 Å². The molecule has 42 heavy (non-hydrogen) atoms. The van der Waals surface area contributed by atoms with Gasteiger partial charge < -0.3 is 25.2 Å². The number of ether oxygens (including phenoxy) is 1. The summed E-state index contributed by atoms with van der Waals surface area (Å²) >= 11 is 0. The molecule has 1 saturated heterocycles. The molecule has 1 fully saturated rings. The number of ketones is 1. The maximum Gasteiger partial charge on any atom is 0.181 e. The van der Waals surface area contributed by atoms with E-state index >= 15 is 0 Å². The molecule has 5 atom stereocenters. The molecule has 0 amide bonds. The van der Waals surface area contributed by atoms with Crippen molar-refractivity contribution in [2.24, 2.45) is 5.92 Å². The molecule has 3 aromatic carbocycles. The first-order chi connectivity index (χ1) is 20.2. The Balaban J connectivity index is 0.000000151. The number of carbonyl (C=O) groups is 1. The SMILES string of the molecule is C/C=C(/C(=C/C)c1ccc(O)cc1)c1ccc(O)cc1.CN1CC[C@]23c4c5ccc(O)c4O[C@H]2[C@@H](O)C=C[C@H]3[C@H]1C5=O. The van der Waals surface area contributed by atoms with Gasteiger partial charge in [-0.2, -0.15) is 0 Å². The summed E-state index contributed by atoms with van der Waals surface area (Å²) in [6, 6.07) is 17.3. The van der Waals surface area contributed by atoms with Gasteiger partial charge in [0.05, 0.1) is 6.04 Å². The summed E-state index contributed by atoms with van der Waals surface area (Å²) in [6.45, 7) is 4.76. The van der Waals surface area contributed by atoms with Crippen molar-refractivity contribution in [2.45, 2.75) is 43.9 Å². The van der Waals surface area contributed by atoms with Gasteiger partial charge in [-0.05, 0) is 92.5 Å². The summed E-state index contributed by atoms with van der Waals surface area (Å²) in [5, 5.41) is 39.4. The Morgan fingerprint density at radius 3 is 2.00 bits per heavy atom. The van der Waals surface area contributed by atoms with Crippen LogP contribution in [0.2, 0.25) is 0 Å². The average molecular weight is 566 g/mol. The fraction of sp³-hybridized carbons (Fsp3) is 0.286. The number of likely N-dealkylation sites (N-methyl/N-ethyl adjacent to an activating group) is 1. The highest BCUT2D eigenvalue weighted by Crippen LogP contribution is 2.62. The van der Waals surface area contributed by atoms with Gasteiger partial charge in [-0.1, -0.05) is 48.6 Å². The minimum Gasteiger partial charge on any atom is -0.508 e. The predicted molar refractivity (Wildman–Crippen MR) is 162 cm³/mol. The highest BCUT2D eigenvalue weighted by atomic mass is 16.5. The molecule has 2 aliphatic heterocycles. The van der Waals surface area contributed by atoms with Gasteiger partial charge in [0.25, 0.3) is 0 Å². The number of phenols is 3. The number of hydrogen-bond acceptors (Lipinski definition) is 7. The Bertz CT molecular complexity index is 1560. The van der Waals surface area contributed by atoms with Crippen LogP contribution in [0.3, 0.4) is 0 Å². The van der Waals surface area contributed by atoms with E-state index in [-0.39, 0.29) is 35.0 Å². The third-order valence-corrected chi connectivity index (χ3v) is 9.23. The van der Waals surface area contributed by atoms with Crippen molar-refractivity contribution < 1.29 is 30.0 Å². The molecule has 2 heterocycles. The van der Waals surface area contributed by atoms with Crippen LogP contribution in [0.25, 0.3) is 11.1 Å². The molecule has 2 bridgehead atoms. The number of rotatable bonds is 3. The summed E-state index contributed by atoms with van der Waals surface area (Å²) in [6.07, 6.45) is 7.49. The van der Waals surface area contributed by atoms with E-state index in [1.165, 1.54) is 6.07 Å². The largest absolute Gasteiger partial charge is 0.508 e. The number of aromatic hydroxyl groups is 3. The molecule has 216 valence electrons. The normalized spacial score (nSPS) is 27.6. The van der Waals surface area contributed by atoms with Gasteiger partial charge in [0.1, 0.15) is 23.7 Å². The molecule has 0 unspecified atom stereocenters. The van der Waals surface area contributed by atoms with Crippen LogP contribution in [-0.2, 0) is 5.41 Å². The van der Waals surface area contributed by atoms with E-state index in [2.05, 4.69) is 17.1 Å². The maximum atomic E-state index is 13.0. The lowest BCUT2D eigenvalue weighted by molar-refractivity contribution is -0.0386. The van der Waals surface area contributed by atoms with Gasteiger partial charge in [0, 0.05) is 22.5 Å². The number of likely N-dealkylation sites (tertiary alicyclic amines) is 1. The summed E-state index contributed by atoms with van der Waals surface area (Å²) in [4.78, 5) is 15.1. The number of allylic oxidation sites excluding steroid dienone is 4. The molecule has 0 radical (unpaired) electrons. The first-order valence-electron chi connectivity index (χ1n) is 14.3. The number of aliphatic hydroxyl groups is 1. The van der Waals surface area contributed by atoms with Crippen LogP contribution < -0.4 is 4.74 Å². The first kappa shape index (κ1) is 27.8. The minimum absolute atomic E-state index is 0.0114. The van der Waals surface area contributed by atoms with E-state index < -0.39 is 17.6 Å². The molecule has 4 aliphatic rings. The van der Waals surface area contributed by atoms with E-state index in [0.29, 0.717) is 11.3 Å². The van der Waals surface area contributed by atoms with E-state index in [1.54, 1.807) is 36.4 Å². The second-order valence-electron chi connectivity index (χ2n) is 11.4. The van der Waals surface area contributed by atoms with E-state index in [9.17, 15) is 25.2 Å². The second kappa shape index (κ2) is 10.5. The van der Waals surface area contributed by atoms with E-state index in [4.69, 9.17) is 4.74 Å². The summed E-state index contributed by atoms with van der Waals surface area (Å²) in [5.41, 5.74) is 5.35. The lowest BCUT2D eigenvalue weighted by Crippen LogP contribution is -2.66.